The molecule has 0 bridgehead atoms. The third kappa shape index (κ3) is 5.29. The van der Waals surface area contributed by atoms with E-state index in [1.807, 2.05) is 42.5 Å². The lowest BCUT2D eigenvalue weighted by molar-refractivity contribution is -0.0553. The lowest BCUT2D eigenvalue weighted by Crippen LogP contribution is -2.67. The molecule has 192 valence electrons. The zero-order valence-corrected chi connectivity index (χ0v) is 21.8. The van der Waals surface area contributed by atoms with Crippen LogP contribution in [0.25, 0.3) is 0 Å². The van der Waals surface area contributed by atoms with Gasteiger partial charge in [0.1, 0.15) is 5.75 Å². The highest BCUT2D eigenvalue weighted by Crippen LogP contribution is 2.42. The molecule has 5 rings (SSSR count). The summed E-state index contributed by atoms with van der Waals surface area (Å²) in [4.78, 5) is 2.62. The molecule has 3 atom stereocenters. The van der Waals surface area contributed by atoms with E-state index in [9.17, 15) is 13.5 Å². The molecule has 0 spiro atoms. The van der Waals surface area contributed by atoms with E-state index in [0.29, 0.717) is 18.0 Å². The Labute approximate surface area is 219 Å². The first-order valence-electron chi connectivity index (χ1n) is 12.7. The van der Waals surface area contributed by atoms with Crippen LogP contribution in [0.2, 0.25) is 0 Å². The average Bonchev–Trinajstić information content (AvgIpc) is 2.92. The van der Waals surface area contributed by atoms with Gasteiger partial charge in [-0.1, -0.05) is 42.2 Å². The number of nitrogens with zero attached hydrogens (tertiary/aromatic N) is 2. The Morgan fingerprint density at radius 2 is 1.51 bits per heavy atom. The van der Waals surface area contributed by atoms with Gasteiger partial charge in [-0.05, 0) is 73.5 Å². The van der Waals surface area contributed by atoms with Crippen molar-refractivity contribution in [3.63, 3.8) is 0 Å². The molecule has 3 aromatic rings. The zero-order valence-electron chi connectivity index (χ0n) is 21.0. The van der Waals surface area contributed by atoms with Crippen LogP contribution in [0.3, 0.4) is 0 Å². The molecule has 0 saturated carbocycles. The van der Waals surface area contributed by atoms with Crippen molar-refractivity contribution in [2.75, 3.05) is 33.4 Å². The van der Waals surface area contributed by atoms with Crippen molar-refractivity contribution < 1.29 is 18.3 Å². The summed E-state index contributed by atoms with van der Waals surface area (Å²) in [5.74, 6) is 7.24. The van der Waals surface area contributed by atoms with Crippen LogP contribution in [0, 0.1) is 11.8 Å². The number of ether oxygens (including phenoxy) is 1. The monoisotopic (exact) mass is 516 g/mol. The van der Waals surface area contributed by atoms with Gasteiger partial charge in [0.25, 0.3) is 0 Å². The summed E-state index contributed by atoms with van der Waals surface area (Å²) in [5.41, 5.74) is 2.92. The summed E-state index contributed by atoms with van der Waals surface area (Å²) in [7, 11) is -1.94. The fourth-order valence-electron chi connectivity index (χ4n) is 5.48. The number of hydrogen-bond acceptors (Lipinski definition) is 5. The van der Waals surface area contributed by atoms with Crippen molar-refractivity contribution >= 4 is 10.0 Å². The first kappa shape index (κ1) is 25.5. The van der Waals surface area contributed by atoms with Crippen LogP contribution in [-0.4, -0.2) is 68.2 Å². The Morgan fingerprint density at radius 1 is 0.892 bits per heavy atom. The van der Waals surface area contributed by atoms with Crippen molar-refractivity contribution in [2.24, 2.45) is 0 Å². The highest BCUT2D eigenvalue weighted by atomic mass is 32.2. The summed E-state index contributed by atoms with van der Waals surface area (Å²) in [6.45, 7) is 1.85. The second kappa shape index (κ2) is 11.1. The number of aliphatic hydroxyl groups is 1. The summed E-state index contributed by atoms with van der Waals surface area (Å²) < 4.78 is 33.7. The normalized spacial score (nSPS) is 22.5. The van der Waals surface area contributed by atoms with Crippen LogP contribution >= 0.6 is 0 Å². The SMILES string of the molecule is COc1ccc(C#Cc2ccc([C@@H]3[C@@H](CO)N4CCCCN(S(=O)(=O)c5ccccc5)C[C@H]34)cc2)cc1. The summed E-state index contributed by atoms with van der Waals surface area (Å²) in [6, 6.07) is 24.5. The van der Waals surface area contributed by atoms with Gasteiger partial charge in [-0.3, -0.25) is 4.90 Å². The minimum Gasteiger partial charge on any atom is -0.497 e. The van der Waals surface area contributed by atoms with Crippen molar-refractivity contribution in [1.82, 2.24) is 9.21 Å². The topological polar surface area (TPSA) is 70.1 Å². The predicted molar refractivity (Wildman–Crippen MR) is 144 cm³/mol. The largest absolute Gasteiger partial charge is 0.497 e. The van der Waals surface area contributed by atoms with Gasteiger partial charge in [0, 0.05) is 42.2 Å². The van der Waals surface area contributed by atoms with Crippen LogP contribution in [0.5, 0.6) is 5.75 Å². The second-order valence-electron chi connectivity index (χ2n) is 9.56. The number of aliphatic hydroxyl groups excluding tert-OH is 1. The van der Waals surface area contributed by atoms with Gasteiger partial charge >= 0.3 is 0 Å². The van der Waals surface area contributed by atoms with Crippen molar-refractivity contribution in [3.05, 3.63) is 95.6 Å². The lowest BCUT2D eigenvalue weighted by Gasteiger charge is -2.57. The zero-order chi connectivity index (χ0) is 25.8. The minimum absolute atomic E-state index is 0.0133. The molecule has 3 aromatic carbocycles. The Kier molecular flexibility index (Phi) is 7.63. The molecule has 2 fully saturated rings. The van der Waals surface area contributed by atoms with Gasteiger partial charge in [-0.2, -0.15) is 4.31 Å². The molecule has 0 radical (unpaired) electrons. The van der Waals surface area contributed by atoms with Crippen molar-refractivity contribution in [1.29, 1.82) is 0 Å². The van der Waals surface area contributed by atoms with Gasteiger partial charge in [-0.15, -0.1) is 0 Å². The Morgan fingerprint density at radius 3 is 2.14 bits per heavy atom. The Bertz CT molecular complexity index is 1360. The summed E-state index contributed by atoms with van der Waals surface area (Å²) in [5, 5.41) is 10.2. The molecule has 0 unspecified atom stereocenters. The molecule has 7 heteroatoms. The van der Waals surface area contributed by atoms with E-state index in [4.69, 9.17) is 4.74 Å². The van der Waals surface area contributed by atoms with Crippen LogP contribution in [0.15, 0.2) is 83.8 Å². The maximum atomic E-state index is 13.4. The third-order valence-electron chi connectivity index (χ3n) is 7.45. The van der Waals surface area contributed by atoms with Crippen LogP contribution in [0.1, 0.15) is 35.4 Å². The molecular weight excluding hydrogens is 484 g/mol. The van der Waals surface area contributed by atoms with Gasteiger partial charge < -0.3 is 9.84 Å². The average molecular weight is 517 g/mol. The van der Waals surface area contributed by atoms with E-state index in [1.165, 1.54) is 0 Å². The first-order chi connectivity index (χ1) is 18.0. The molecule has 6 nitrogen and oxygen atoms in total. The van der Waals surface area contributed by atoms with Gasteiger partial charge in [-0.25, -0.2) is 8.42 Å². The number of fused-ring (bicyclic) bond motifs is 1. The summed E-state index contributed by atoms with van der Waals surface area (Å²) >= 11 is 0. The number of hydrogen-bond donors (Lipinski definition) is 1. The van der Waals surface area contributed by atoms with E-state index >= 15 is 0 Å². The molecule has 2 aliphatic rings. The number of methoxy groups -OCH3 is 1. The van der Waals surface area contributed by atoms with Gasteiger partial charge in [0.05, 0.1) is 18.6 Å². The molecule has 2 heterocycles. The highest BCUT2D eigenvalue weighted by molar-refractivity contribution is 7.89. The van der Waals surface area contributed by atoms with Crippen LogP contribution < -0.4 is 4.74 Å². The molecule has 2 aliphatic heterocycles. The fourth-order valence-corrected chi connectivity index (χ4v) is 6.99. The predicted octanol–water partition coefficient (Wildman–Crippen LogP) is 3.71. The third-order valence-corrected chi connectivity index (χ3v) is 9.33. The smallest absolute Gasteiger partial charge is 0.243 e. The Balaban J connectivity index is 1.36. The van der Waals surface area contributed by atoms with E-state index in [0.717, 1.165) is 41.8 Å². The summed E-state index contributed by atoms with van der Waals surface area (Å²) in [6.07, 6.45) is 1.71. The molecule has 0 amide bonds. The van der Waals surface area contributed by atoms with Crippen LogP contribution in [-0.2, 0) is 10.0 Å². The quantitative estimate of drug-likeness (QED) is 0.524. The van der Waals surface area contributed by atoms with E-state index in [1.54, 1.807) is 35.7 Å². The molecule has 2 saturated heterocycles. The number of benzene rings is 3. The van der Waals surface area contributed by atoms with Gasteiger partial charge in [0.2, 0.25) is 10.0 Å². The number of rotatable bonds is 5. The minimum atomic E-state index is -3.58. The maximum absolute atomic E-state index is 13.4. The standard InChI is InChI=1S/C30H32N2O4S/c1-36-26-17-13-24(14-18-26)10-9-23-11-15-25(16-12-23)30-28-21-31(19-5-6-20-32(28)29(30)22-33)37(34,35)27-7-3-2-4-8-27/h2-4,7-8,11-18,28-30,33H,5-6,19-22H2,1H3/t28-,29-,30+/m1/s1. The van der Waals surface area contributed by atoms with E-state index in [-0.39, 0.29) is 24.6 Å². The van der Waals surface area contributed by atoms with Crippen LogP contribution in [0.4, 0.5) is 0 Å². The highest BCUT2D eigenvalue weighted by Gasteiger charge is 2.50. The van der Waals surface area contributed by atoms with E-state index < -0.39 is 10.0 Å². The molecular formula is C30H32N2O4S. The molecule has 0 aliphatic carbocycles. The maximum Gasteiger partial charge on any atom is 0.243 e. The van der Waals surface area contributed by atoms with Crippen molar-refractivity contribution in [3.8, 4) is 17.6 Å². The molecule has 0 aromatic heterocycles. The lowest BCUT2D eigenvalue weighted by atomic mass is 9.74. The van der Waals surface area contributed by atoms with Crippen molar-refractivity contribution in [2.45, 2.75) is 35.7 Å². The Hall–Kier alpha value is -3.15. The second-order valence-corrected chi connectivity index (χ2v) is 11.5. The molecule has 37 heavy (non-hydrogen) atoms. The molecule has 1 N–H and O–H groups in total. The van der Waals surface area contributed by atoms with E-state index in [2.05, 4.69) is 28.9 Å². The number of sulfonamides is 1. The first-order valence-corrected chi connectivity index (χ1v) is 14.1. The van der Waals surface area contributed by atoms with Gasteiger partial charge in [0.15, 0.2) is 0 Å². The fraction of sp³-hybridized carbons (Fsp3) is 0.333.